The number of alkyl halides is 6. The first-order valence-corrected chi connectivity index (χ1v) is 13.3. The van der Waals surface area contributed by atoms with Crippen LogP contribution in [0.2, 0.25) is 0 Å². The number of carbonyl (C=O) groups is 1. The van der Waals surface area contributed by atoms with Gasteiger partial charge < -0.3 is 19.9 Å². The molecule has 0 unspecified atom stereocenters. The highest BCUT2D eigenvalue weighted by atomic mass is 79.9. The van der Waals surface area contributed by atoms with Crippen molar-refractivity contribution in [3.63, 3.8) is 0 Å². The second-order valence-corrected chi connectivity index (χ2v) is 10.7. The minimum atomic E-state index is -5.01. The molecule has 220 valence electrons. The quantitative estimate of drug-likeness (QED) is 0.309. The number of anilines is 1. The van der Waals surface area contributed by atoms with Crippen LogP contribution < -0.4 is 15.0 Å². The van der Waals surface area contributed by atoms with Crippen LogP contribution in [0.25, 0.3) is 11.3 Å². The predicted octanol–water partition coefficient (Wildman–Crippen LogP) is 6.76. The van der Waals surface area contributed by atoms with E-state index in [0.717, 1.165) is 4.90 Å². The van der Waals surface area contributed by atoms with E-state index < -0.39 is 36.1 Å². The average molecular weight is 646 g/mol. The molecule has 2 atom stereocenters. The minimum Gasteiger partial charge on any atom is -0.406 e. The highest BCUT2D eigenvalue weighted by Crippen LogP contribution is 2.37. The molecule has 7 nitrogen and oxygen atoms in total. The van der Waals surface area contributed by atoms with Gasteiger partial charge in [-0.05, 0) is 43.7 Å². The summed E-state index contributed by atoms with van der Waals surface area (Å²) in [5.74, 6) is 0.376. The largest absolute Gasteiger partial charge is 0.416 e. The van der Waals surface area contributed by atoms with Gasteiger partial charge in [0.1, 0.15) is 5.69 Å². The zero-order valence-corrected chi connectivity index (χ0v) is 23.7. The summed E-state index contributed by atoms with van der Waals surface area (Å²) in [4.78, 5) is 24.9. The molecule has 1 aliphatic rings. The van der Waals surface area contributed by atoms with Crippen molar-refractivity contribution >= 4 is 28.0 Å². The first-order chi connectivity index (χ1) is 19.1. The van der Waals surface area contributed by atoms with Crippen molar-refractivity contribution < 1.29 is 35.9 Å². The highest BCUT2D eigenvalue weighted by Gasteiger charge is 2.37. The van der Waals surface area contributed by atoms with Gasteiger partial charge in [-0.1, -0.05) is 34.1 Å². The average Bonchev–Trinajstić information content (AvgIpc) is 2.87. The van der Waals surface area contributed by atoms with Crippen molar-refractivity contribution in [2.75, 3.05) is 25.0 Å². The number of nitrogens with zero attached hydrogens (tertiary/aromatic N) is 4. The molecular formula is C27H26BrF6N5O2. The standard InChI is InChI=1S/C27H26BrF6N5O2/c1-15-12-39(13-16(2)36-15)24-35-11-22(23(37-24)20-6-4-5-7-21(20)28)41-25(40)38(3)14-17-8-18(26(29,30)31)10-19(9-17)27(32,33)34/h4-11,15-16,36H,12-14H2,1-3H3/t15-,16+. The van der Waals surface area contributed by atoms with Crippen molar-refractivity contribution in [2.45, 2.75) is 44.8 Å². The number of hydrogen-bond acceptors (Lipinski definition) is 6. The van der Waals surface area contributed by atoms with Gasteiger partial charge in [-0.25, -0.2) is 14.8 Å². The Labute approximate surface area is 240 Å². The maximum atomic E-state index is 13.3. The van der Waals surface area contributed by atoms with Crippen molar-refractivity contribution in [1.82, 2.24) is 20.2 Å². The molecule has 0 aliphatic carbocycles. The lowest BCUT2D eigenvalue weighted by atomic mass is 10.0. The summed E-state index contributed by atoms with van der Waals surface area (Å²) in [6, 6.07) is 8.60. The first-order valence-electron chi connectivity index (χ1n) is 12.5. The van der Waals surface area contributed by atoms with E-state index in [1.807, 2.05) is 18.7 Å². The molecule has 0 spiro atoms. The fourth-order valence-electron chi connectivity index (χ4n) is 4.55. The van der Waals surface area contributed by atoms with Gasteiger partial charge in [-0.2, -0.15) is 26.3 Å². The summed E-state index contributed by atoms with van der Waals surface area (Å²) in [6.45, 7) is 4.76. The van der Waals surface area contributed by atoms with Crippen LogP contribution in [0.4, 0.5) is 37.1 Å². The van der Waals surface area contributed by atoms with Crippen LogP contribution in [0.5, 0.6) is 5.75 Å². The molecule has 0 bridgehead atoms. The molecule has 1 aliphatic heterocycles. The Kier molecular flexibility index (Phi) is 8.83. The summed E-state index contributed by atoms with van der Waals surface area (Å²) in [7, 11) is 1.20. The maximum Gasteiger partial charge on any atom is 0.416 e. The van der Waals surface area contributed by atoms with Crippen LogP contribution in [0, 0.1) is 0 Å². The molecule has 1 saturated heterocycles. The Hall–Kier alpha value is -3.39. The molecule has 41 heavy (non-hydrogen) atoms. The number of aromatic nitrogens is 2. The highest BCUT2D eigenvalue weighted by molar-refractivity contribution is 9.10. The first kappa shape index (κ1) is 30.6. The molecule has 2 heterocycles. The second kappa shape index (κ2) is 11.8. The van der Waals surface area contributed by atoms with E-state index in [0.29, 0.717) is 41.2 Å². The normalized spacial score (nSPS) is 17.9. The number of benzene rings is 2. The molecule has 4 rings (SSSR count). The molecule has 1 aromatic heterocycles. The summed E-state index contributed by atoms with van der Waals surface area (Å²) in [5.41, 5.74) is -2.44. The van der Waals surface area contributed by atoms with Crippen LogP contribution in [-0.4, -0.2) is 53.2 Å². The van der Waals surface area contributed by atoms with E-state index in [1.54, 1.807) is 24.3 Å². The van der Waals surface area contributed by atoms with Gasteiger partial charge in [-0.15, -0.1) is 0 Å². The number of nitrogens with one attached hydrogen (secondary N) is 1. The van der Waals surface area contributed by atoms with Crippen LogP contribution in [0.15, 0.2) is 53.1 Å². The number of halogens is 7. The van der Waals surface area contributed by atoms with E-state index in [4.69, 9.17) is 4.74 Å². The Morgan fingerprint density at radius 1 is 1.05 bits per heavy atom. The van der Waals surface area contributed by atoms with E-state index in [9.17, 15) is 31.1 Å². The monoisotopic (exact) mass is 645 g/mol. The smallest absolute Gasteiger partial charge is 0.406 e. The molecule has 1 fully saturated rings. The van der Waals surface area contributed by atoms with Gasteiger partial charge in [0.15, 0.2) is 5.75 Å². The van der Waals surface area contributed by atoms with Crippen molar-refractivity contribution in [3.8, 4) is 17.0 Å². The summed E-state index contributed by atoms with van der Waals surface area (Å²) < 4.78 is 85.8. The number of hydrogen-bond donors (Lipinski definition) is 1. The summed E-state index contributed by atoms with van der Waals surface area (Å²) in [6.07, 6.45) is -9.71. The second-order valence-electron chi connectivity index (χ2n) is 9.87. The van der Waals surface area contributed by atoms with E-state index in [-0.39, 0.29) is 35.2 Å². The third kappa shape index (κ3) is 7.47. The zero-order chi connectivity index (χ0) is 30.1. The Bertz CT molecular complexity index is 1380. The van der Waals surface area contributed by atoms with Gasteiger partial charge in [0.25, 0.3) is 0 Å². The fourth-order valence-corrected chi connectivity index (χ4v) is 5.02. The van der Waals surface area contributed by atoms with Gasteiger partial charge in [-0.3, -0.25) is 0 Å². The van der Waals surface area contributed by atoms with Crippen LogP contribution in [0.1, 0.15) is 30.5 Å². The van der Waals surface area contributed by atoms with Gasteiger partial charge >= 0.3 is 18.4 Å². The molecule has 14 heteroatoms. The molecular weight excluding hydrogens is 620 g/mol. The number of piperazine rings is 1. The lowest BCUT2D eigenvalue weighted by molar-refractivity contribution is -0.143. The Morgan fingerprint density at radius 2 is 1.63 bits per heavy atom. The van der Waals surface area contributed by atoms with Gasteiger partial charge in [0, 0.05) is 48.8 Å². The molecule has 0 radical (unpaired) electrons. The molecule has 1 N–H and O–H groups in total. The van der Waals surface area contributed by atoms with Crippen molar-refractivity contribution in [3.05, 3.63) is 69.8 Å². The summed E-state index contributed by atoms with van der Waals surface area (Å²) >= 11 is 3.47. The number of rotatable bonds is 5. The topological polar surface area (TPSA) is 70.6 Å². The Balaban J connectivity index is 1.63. The van der Waals surface area contributed by atoms with E-state index in [2.05, 4.69) is 31.2 Å². The SMILES string of the molecule is C[C@@H]1CN(c2ncc(OC(=O)N(C)Cc3cc(C(F)(F)F)cc(C(F)(F)F)c3)c(-c3ccccc3Br)n2)C[C@H](C)N1. The lowest BCUT2D eigenvalue weighted by Gasteiger charge is -2.36. The third-order valence-electron chi connectivity index (χ3n) is 6.29. The van der Waals surface area contributed by atoms with Crippen molar-refractivity contribution in [1.29, 1.82) is 0 Å². The maximum absolute atomic E-state index is 13.3. The van der Waals surface area contributed by atoms with Gasteiger partial charge in [0.2, 0.25) is 5.95 Å². The van der Waals surface area contributed by atoms with Crippen LogP contribution >= 0.6 is 15.9 Å². The van der Waals surface area contributed by atoms with Gasteiger partial charge in [0.05, 0.1) is 17.3 Å². The zero-order valence-electron chi connectivity index (χ0n) is 22.1. The molecule has 0 saturated carbocycles. The number of ether oxygens (including phenoxy) is 1. The number of carbonyl (C=O) groups excluding carboxylic acids is 1. The molecule has 1 amide bonds. The predicted molar refractivity (Wildman–Crippen MR) is 143 cm³/mol. The fraction of sp³-hybridized carbons (Fsp3) is 0.370. The molecule has 2 aromatic carbocycles. The van der Waals surface area contributed by atoms with Crippen molar-refractivity contribution in [2.24, 2.45) is 0 Å². The minimum absolute atomic E-state index is 0.0323. The lowest BCUT2D eigenvalue weighted by Crippen LogP contribution is -2.54. The Morgan fingerprint density at radius 3 is 2.20 bits per heavy atom. The van der Waals surface area contributed by atoms with E-state index in [1.165, 1.54) is 13.2 Å². The molecule has 3 aromatic rings. The van der Waals surface area contributed by atoms with E-state index >= 15 is 0 Å². The van der Waals surface area contributed by atoms with Crippen LogP contribution in [0.3, 0.4) is 0 Å². The summed E-state index contributed by atoms with van der Waals surface area (Å²) in [5, 5.41) is 3.42. The number of amides is 1. The third-order valence-corrected chi connectivity index (χ3v) is 6.98. The van der Waals surface area contributed by atoms with Crippen LogP contribution in [-0.2, 0) is 18.9 Å².